The van der Waals surface area contributed by atoms with Crippen LogP contribution in [0.1, 0.15) is 36.2 Å². The molecule has 3 aliphatic rings. The molecular formula is C18H21N3O4. The molecule has 0 unspecified atom stereocenters. The van der Waals surface area contributed by atoms with Gasteiger partial charge in [-0.05, 0) is 49.9 Å². The van der Waals surface area contributed by atoms with Crippen molar-refractivity contribution in [1.82, 2.24) is 15.0 Å². The fourth-order valence-electron chi connectivity index (χ4n) is 4.04. The van der Waals surface area contributed by atoms with Crippen LogP contribution in [0.5, 0.6) is 11.5 Å². The van der Waals surface area contributed by atoms with Crippen molar-refractivity contribution in [2.45, 2.75) is 38.5 Å². The van der Waals surface area contributed by atoms with Crippen LogP contribution in [0.3, 0.4) is 0 Å². The van der Waals surface area contributed by atoms with Crippen molar-refractivity contribution in [1.29, 1.82) is 0 Å². The molecule has 25 heavy (non-hydrogen) atoms. The van der Waals surface area contributed by atoms with E-state index in [2.05, 4.69) is 27.2 Å². The summed E-state index contributed by atoms with van der Waals surface area (Å²) >= 11 is 0. The molecular weight excluding hydrogens is 322 g/mol. The number of fused-ring (bicyclic) bond motifs is 2. The number of likely N-dealkylation sites (tertiary alicyclic amines) is 1. The molecule has 2 fully saturated rings. The molecule has 3 atom stereocenters. The van der Waals surface area contributed by atoms with Crippen LogP contribution in [0.15, 0.2) is 22.7 Å². The second-order valence-electron chi connectivity index (χ2n) is 7.05. The first kappa shape index (κ1) is 15.2. The van der Waals surface area contributed by atoms with E-state index in [0.29, 0.717) is 24.4 Å². The summed E-state index contributed by atoms with van der Waals surface area (Å²) in [4.78, 5) is 6.77. The average molecular weight is 343 g/mol. The molecule has 3 aliphatic heterocycles. The molecule has 7 heteroatoms. The lowest BCUT2D eigenvalue weighted by Gasteiger charge is -2.34. The number of nitrogens with zero attached hydrogens (tertiary/aromatic N) is 3. The summed E-state index contributed by atoms with van der Waals surface area (Å²) in [5.74, 6) is 3.54. The summed E-state index contributed by atoms with van der Waals surface area (Å²) in [5.41, 5.74) is 1.24. The molecule has 1 aromatic heterocycles. The van der Waals surface area contributed by atoms with Gasteiger partial charge in [0.2, 0.25) is 6.79 Å². The third-order valence-electron chi connectivity index (χ3n) is 5.30. The number of hydrogen-bond acceptors (Lipinski definition) is 7. The quantitative estimate of drug-likeness (QED) is 0.848. The molecule has 2 aromatic rings. The van der Waals surface area contributed by atoms with Crippen LogP contribution in [-0.2, 0) is 11.3 Å². The van der Waals surface area contributed by atoms with Gasteiger partial charge >= 0.3 is 0 Å². The van der Waals surface area contributed by atoms with E-state index in [-0.39, 0.29) is 12.2 Å². The second-order valence-corrected chi connectivity index (χ2v) is 7.05. The summed E-state index contributed by atoms with van der Waals surface area (Å²) in [5, 5.41) is 3.88. The highest BCUT2D eigenvalue weighted by Crippen LogP contribution is 2.41. The molecule has 0 bridgehead atoms. The van der Waals surface area contributed by atoms with E-state index in [1.54, 1.807) is 0 Å². The lowest BCUT2D eigenvalue weighted by atomic mass is 9.91. The molecule has 0 amide bonds. The first-order chi connectivity index (χ1) is 12.2. The highest BCUT2D eigenvalue weighted by molar-refractivity contribution is 5.44. The lowest BCUT2D eigenvalue weighted by Crippen LogP contribution is -2.41. The highest BCUT2D eigenvalue weighted by Gasteiger charge is 2.41. The first-order valence-electron chi connectivity index (χ1n) is 8.81. The van der Waals surface area contributed by atoms with E-state index in [9.17, 15) is 0 Å². The minimum Gasteiger partial charge on any atom is -0.454 e. The van der Waals surface area contributed by atoms with E-state index in [4.69, 9.17) is 18.7 Å². The van der Waals surface area contributed by atoms with E-state index in [1.165, 1.54) is 5.56 Å². The van der Waals surface area contributed by atoms with Crippen LogP contribution in [0.2, 0.25) is 0 Å². The fraction of sp³-hybridized carbons (Fsp3) is 0.556. The summed E-state index contributed by atoms with van der Waals surface area (Å²) < 4.78 is 22.4. The number of benzene rings is 1. The maximum atomic E-state index is 6.22. The van der Waals surface area contributed by atoms with Gasteiger partial charge in [0.1, 0.15) is 6.10 Å². The zero-order chi connectivity index (χ0) is 16.8. The Bertz CT molecular complexity index is 777. The standard InChI is InChI=1S/C18H21N3O4/c1-11-19-18(25-20-11)16-7-13-4-5-21(9-17(13)24-16)8-12-2-3-14-15(6-12)23-10-22-14/h2-3,6,13,16-17H,4-5,7-10H2,1H3/t13-,16-,17+/m0/s1. The molecule has 5 rings (SSSR count). The number of rotatable bonds is 3. The van der Waals surface area contributed by atoms with Crippen LogP contribution >= 0.6 is 0 Å². The first-order valence-corrected chi connectivity index (χ1v) is 8.81. The Morgan fingerprint density at radius 2 is 2.16 bits per heavy atom. The normalized spacial score (nSPS) is 28.3. The molecule has 0 aliphatic carbocycles. The van der Waals surface area contributed by atoms with Crippen LogP contribution in [0.25, 0.3) is 0 Å². The van der Waals surface area contributed by atoms with Gasteiger partial charge in [0, 0.05) is 13.1 Å². The summed E-state index contributed by atoms with van der Waals surface area (Å²) in [6, 6.07) is 6.18. The van der Waals surface area contributed by atoms with Gasteiger partial charge in [0.05, 0.1) is 6.10 Å². The molecule has 2 saturated heterocycles. The Balaban J connectivity index is 1.23. The zero-order valence-electron chi connectivity index (χ0n) is 14.2. The maximum absolute atomic E-state index is 6.22. The van der Waals surface area contributed by atoms with Crippen molar-refractivity contribution < 1.29 is 18.7 Å². The molecule has 132 valence electrons. The summed E-state index contributed by atoms with van der Waals surface area (Å²) in [7, 11) is 0. The Morgan fingerprint density at radius 3 is 3.04 bits per heavy atom. The summed E-state index contributed by atoms with van der Waals surface area (Å²) in [6.45, 7) is 5.06. The van der Waals surface area contributed by atoms with E-state index < -0.39 is 0 Å². The minimum absolute atomic E-state index is 0.0540. The number of hydrogen-bond donors (Lipinski definition) is 0. The SMILES string of the molecule is Cc1noc([C@@H]2C[C@@H]3CCN(Cc4ccc5c(c4)OCO5)C[C@H]3O2)n1. The number of aromatic nitrogens is 2. The van der Waals surface area contributed by atoms with Gasteiger partial charge < -0.3 is 18.7 Å². The molecule has 7 nitrogen and oxygen atoms in total. The Hall–Kier alpha value is -2.12. The Kier molecular flexibility index (Phi) is 3.64. The van der Waals surface area contributed by atoms with Gasteiger partial charge in [-0.15, -0.1) is 0 Å². The van der Waals surface area contributed by atoms with E-state index in [0.717, 1.165) is 44.0 Å². The van der Waals surface area contributed by atoms with E-state index >= 15 is 0 Å². The largest absolute Gasteiger partial charge is 0.454 e. The lowest BCUT2D eigenvalue weighted by molar-refractivity contribution is -0.0189. The van der Waals surface area contributed by atoms with Crippen LogP contribution in [-0.4, -0.2) is 41.0 Å². The van der Waals surface area contributed by atoms with Gasteiger partial charge in [0.25, 0.3) is 5.89 Å². The van der Waals surface area contributed by atoms with Crippen molar-refractivity contribution in [2.24, 2.45) is 5.92 Å². The van der Waals surface area contributed by atoms with Crippen molar-refractivity contribution in [3.8, 4) is 11.5 Å². The minimum atomic E-state index is -0.0540. The highest BCUT2D eigenvalue weighted by atomic mass is 16.7. The van der Waals surface area contributed by atoms with Crippen LogP contribution in [0, 0.1) is 12.8 Å². The molecule has 0 spiro atoms. The van der Waals surface area contributed by atoms with Crippen LogP contribution in [0.4, 0.5) is 0 Å². The number of ether oxygens (including phenoxy) is 3. The third-order valence-corrected chi connectivity index (χ3v) is 5.30. The molecule has 0 saturated carbocycles. The smallest absolute Gasteiger partial charge is 0.255 e. The van der Waals surface area contributed by atoms with Crippen molar-refractivity contribution in [2.75, 3.05) is 19.9 Å². The predicted molar refractivity (Wildman–Crippen MR) is 87.2 cm³/mol. The van der Waals surface area contributed by atoms with Gasteiger partial charge in [-0.3, -0.25) is 4.90 Å². The number of piperidine rings is 1. The van der Waals surface area contributed by atoms with Gasteiger partial charge in [0.15, 0.2) is 17.3 Å². The fourth-order valence-corrected chi connectivity index (χ4v) is 4.04. The summed E-state index contributed by atoms with van der Waals surface area (Å²) in [6.07, 6.45) is 2.30. The van der Waals surface area contributed by atoms with Crippen molar-refractivity contribution >= 4 is 0 Å². The monoisotopic (exact) mass is 343 g/mol. The van der Waals surface area contributed by atoms with Crippen LogP contribution < -0.4 is 9.47 Å². The maximum Gasteiger partial charge on any atom is 0.255 e. The third kappa shape index (κ3) is 2.87. The molecule has 1 aromatic carbocycles. The number of aryl methyl sites for hydroxylation is 1. The van der Waals surface area contributed by atoms with Gasteiger partial charge in [-0.2, -0.15) is 4.98 Å². The zero-order valence-corrected chi connectivity index (χ0v) is 14.2. The van der Waals surface area contributed by atoms with Gasteiger partial charge in [-0.25, -0.2) is 0 Å². The second kappa shape index (κ2) is 6.00. The molecule has 0 N–H and O–H groups in total. The molecule has 0 radical (unpaired) electrons. The Labute approximate surface area is 145 Å². The molecule has 4 heterocycles. The van der Waals surface area contributed by atoms with Crippen molar-refractivity contribution in [3.05, 3.63) is 35.5 Å². The van der Waals surface area contributed by atoms with Crippen molar-refractivity contribution in [3.63, 3.8) is 0 Å². The average Bonchev–Trinajstić information content (AvgIpc) is 3.32. The predicted octanol–water partition coefficient (Wildman–Crippen LogP) is 2.46. The van der Waals surface area contributed by atoms with Gasteiger partial charge in [-0.1, -0.05) is 11.2 Å². The van der Waals surface area contributed by atoms with E-state index in [1.807, 2.05) is 13.0 Å². The topological polar surface area (TPSA) is 69.9 Å². The Morgan fingerprint density at radius 1 is 1.24 bits per heavy atom.